The number of hydrogen-bond acceptors (Lipinski definition) is 6. The van der Waals surface area contributed by atoms with Gasteiger partial charge in [0.05, 0.1) is 6.61 Å². The quantitative estimate of drug-likeness (QED) is 0.397. The Morgan fingerprint density at radius 1 is 1.38 bits per heavy atom. The van der Waals surface area contributed by atoms with Crippen LogP contribution in [0.25, 0.3) is 28.1 Å². The second-order valence-electron chi connectivity index (χ2n) is 6.32. The lowest BCUT2D eigenvalue weighted by Gasteiger charge is -2.09. The molecule has 0 aliphatic carbocycles. The van der Waals surface area contributed by atoms with Crippen LogP contribution in [0.4, 0.5) is 0 Å². The Morgan fingerprint density at radius 3 is 3.08 bits per heavy atom. The zero-order chi connectivity index (χ0) is 17.8. The molecular weight excluding hydrogens is 358 g/mol. The Kier molecular flexibility index (Phi) is 3.38. The van der Waals surface area contributed by atoms with Crippen molar-refractivity contribution in [2.24, 2.45) is 0 Å². The normalized spacial score (nSPS) is 17.5. The molecule has 26 heavy (non-hydrogen) atoms. The van der Waals surface area contributed by atoms with Gasteiger partial charge in [0.1, 0.15) is 22.4 Å². The van der Waals surface area contributed by atoms with Crippen molar-refractivity contribution in [2.75, 3.05) is 13.2 Å². The molecule has 0 amide bonds. The highest BCUT2D eigenvalue weighted by Gasteiger charge is 2.27. The lowest BCUT2D eigenvalue weighted by molar-refractivity contribution is -0.583. The summed E-state index contributed by atoms with van der Waals surface area (Å²) in [5.74, 6) is 1.03. The highest BCUT2D eigenvalue weighted by molar-refractivity contribution is 6.34. The third-order valence-corrected chi connectivity index (χ3v) is 5.09. The van der Waals surface area contributed by atoms with Crippen molar-refractivity contribution < 1.29 is 14.0 Å². The van der Waals surface area contributed by atoms with Crippen LogP contribution in [-0.2, 0) is 4.74 Å². The van der Waals surface area contributed by atoms with Crippen molar-refractivity contribution in [2.45, 2.75) is 19.3 Å². The van der Waals surface area contributed by atoms with Crippen molar-refractivity contribution >= 4 is 28.2 Å². The molecule has 1 saturated heterocycles. The van der Waals surface area contributed by atoms with Crippen LogP contribution in [0.2, 0.25) is 5.02 Å². The first-order valence-electron chi connectivity index (χ1n) is 8.24. The topological polar surface area (TPSA) is 92.4 Å². The van der Waals surface area contributed by atoms with Gasteiger partial charge in [0.15, 0.2) is 11.5 Å². The van der Waals surface area contributed by atoms with Crippen molar-refractivity contribution in [3.8, 4) is 11.6 Å². The van der Waals surface area contributed by atoms with Crippen LogP contribution in [-0.4, -0.2) is 32.7 Å². The maximum absolute atomic E-state index is 12.8. The molecule has 3 aromatic heterocycles. The molecular formula is C17H14ClN5O3. The zero-order valence-corrected chi connectivity index (χ0v) is 14.6. The van der Waals surface area contributed by atoms with Crippen molar-refractivity contribution in [1.82, 2.24) is 19.5 Å². The van der Waals surface area contributed by atoms with Gasteiger partial charge in [-0.3, -0.25) is 4.40 Å². The van der Waals surface area contributed by atoms with E-state index in [1.54, 1.807) is 25.4 Å². The molecule has 1 aliphatic heterocycles. The van der Waals surface area contributed by atoms with Gasteiger partial charge in [-0.2, -0.15) is 9.71 Å². The number of halogens is 1. The fourth-order valence-corrected chi connectivity index (χ4v) is 3.68. The van der Waals surface area contributed by atoms with E-state index in [1.807, 2.05) is 10.5 Å². The highest BCUT2D eigenvalue weighted by atomic mass is 35.5. The number of hydrogen-bond donors (Lipinski definition) is 0. The van der Waals surface area contributed by atoms with Gasteiger partial charge < -0.3 is 14.5 Å². The van der Waals surface area contributed by atoms with E-state index < -0.39 is 0 Å². The summed E-state index contributed by atoms with van der Waals surface area (Å²) < 4.78 is 13.4. The van der Waals surface area contributed by atoms with Gasteiger partial charge in [0.2, 0.25) is 5.69 Å². The van der Waals surface area contributed by atoms with Crippen LogP contribution < -0.4 is 4.73 Å². The second-order valence-corrected chi connectivity index (χ2v) is 6.72. The minimum Gasteiger partial charge on any atom is -0.618 e. The third-order valence-electron chi connectivity index (χ3n) is 4.78. The van der Waals surface area contributed by atoms with E-state index in [2.05, 4.69) is 15.1 Å². The molecule has 1 unspecified atom stereocenters. The van der Waals surface area contributed by atoms with Crippen LogP contribution >= 0.6 is 11.6 Å². The molecule has 1 atom stereocenters. The van der Waals surface area contributed by atoms with Gasteiger partial charge in [-0.05, 0) is 18.6 Å². The summed E-state index contributed by atoms with van der Waals surface area (Å²) >= 11 is 6.23. The van der Waals surface area contributed by atoms with Gasteiger partial charge in [-0.1, -0.05) is 22.8 Å². The van der Waals surface area contributed by atoms with Gasteiger partial charge in [0.25, 0.3) is 11.4 Å². The predicted molar refractivity (Wildman–Crippen MR) is 92.9 cm³/mol. The van der Waals surface area contributed by atoms with Gasteiger partial charge in [-0.15, -0.1) is 0 Å². The number of fused-ring (bicyclic) bond motifs is 3. The van der Waals surface area contributed by atoms with Crippen LogP contribution in [0.5, 0.6) is 0 Å². The van der Waals surface area contributed by atoms with Gasteiger partial charge >= 0.3 is 0 Å². The molecule has 8 nitrogen and oxygen atoms in total. The second kappa shape index (κ2) is 5.65. The van der Waals surface area contributed by atoms with Crippen LogP contribution in [0, 0.1) is 12.1 Å². The van der Waals surface area contributed by atoms with Crippen LogP contribution in [0.3, 0.4) is 0 Å². The van der Waals surface area contributed by atoms with Gasteiger partial charge in [0, 0.05) is 19.4 Å². The molecule has 5 rings (SSSR count). The Labute approximate surface area is 152 Å². The van der Waals surface area contributed by atoms with E-state index in [4.69, 9.17) is 20.9 Å². The molecule has 1 aromatic carbocycles. The minimum absolute atomic E-state index is 0.131. The maximum Gasteiger partial charge on any atom is 0.279 e. The van der Waals surface area contributed by atoms with Gasteiger partial charge in [-0.25, -0.2) is 4.98 Å². The summed E-state index contributed by atoms with van der Waals surface area (Å²) in [7, 11) is 0. The van der Waals surface area contributed by atoms with E-state index in [0.717, 1.165) is 11.2 Å². The maximum atomic E-state index is 12.8. The molecule has 132 valence electrons. The molecule has 4 aromatic rings. The number of benzene rings is 1. The average molecular weight is 372 g/mol. The summed E-state index contributed by atoms with van der Waals surface area (Å²) in [5, 5.41) is 17.2. The summed E-state index contributed by atoms with van der Waals surface area (Å²) in [5.41, 5.74) is 2.62. The summed E-state index contributed by atoms with van der Waals surface area (Å²) in [4.78, 5) is 8.91. The lowest BCUT2D eigenvalue weighted by atomic mass is 10.1. The molecule has 1 aliphatic rings. The number of rotatable bonds is 2. The Balaban J connectivity index is 1.74. The molecule has 0 bridgehead atoms. The fraction of sp³-hybridized carbons (Fsp3) is 0.294. The van der Waals surface area contributed by atoms with E-state index in [0.29, 0.717) is 57.9 Å². The molecule has 1 fully saturated rings. The first-order valence-corrected chi connectivity index (χ1v) is 8.62. The monoisotopic (exact) mass is 371 g/mol. The Bertz CT molecular complexity index is 1150. The van der Waals surface area contributed by atoms with Crippen molar-refractivity contribution in [3.63, 3.8) is 0 Å². The first kappa shape index (κ1) is 15.5. The highest BCUT2D eigenvalue weighted by Crippen LogP contribution is 2.30. The van der Waals surface area contributed by atoms with E-state index in [9.17, 15) is 5.21 Å². The SMILES string of the molecule is Cc1c2c(-c3nc(C4CCOC4)no3)ncn2c2cccc(Cl)c2[n+]1[O-]. The Morgan fingerprint density at radius 2 is 2.27 bits per heavy atom. The standard InChI is InChI=1S/C17H14ClN5O3/c1-9-14-13(17-20-16(21-26-17)10-5-6-25-7-10)19-8-22(14)12-4-2-3-11(18)15(12)23(9)24/h2-4,8,10H,5-7H2,1H3. The zero-order valence-electron chi connectivity index (χ0n) is 13.8. The number of ether oxygens (including phenoxy) is 1. The van der Waals surface area contributed by atoms with Crippen molar-refractivity contribution in [3.05, 3.63) is 46.3 Å². The molecule has 0 spiro atoms. The van der Waals surface area contributed by atoms with Crippen LogP contribution in [0.15, 0.2) is 29.0 Å². The number of para-hydroxylation sites is 1. The molecule has 0 radical (unpaired) electrons. The number of imidazole rings is 1. The van der Waals surface area contributed by atoms with E-state index >= 15 is 0 Å². The van der Waals surface area contributed by atoms with Crippen LogP contribution in [0.1, 0.15) is 23.9 Å². The Hall–Kier alpha value is -2.71. The largest absolute Gasteiger partial charge is 0.618 e. The number of nitrogens with zero attached hydrogens (tertiary/aromatic N) is 5. The summed E-state index contributed by atoms with van der Waals surface area (Å²) in [6.45, 7) is 3.01. The fourth-order valence-electron chi connectivity index (χ4n) is 3.43. The first-order chi connectivity index (χ1) is 12.6. The lowest BCUT2D eigenvalue weighted by Crippen LogP contribution is -2.32. The third kappa shape index (κ3) is 2.12. The smallest absolute Gasteiger partial charge is 0.279 e. The molecule has 0 saturated carbocycles. The molecule has 0 N–H and O–H groups in total. The summed E-state index contributed by atoms with van der Waals surface area (Å²) in [6, 6.07) is 5.31. The predicted octanol–water partition coefficient (Wildman–Crippen LogP) is 2.64. The number of aromatic nitrogens is 5. The minimum atomic E-state index is 0.131. The molecule has 9 heteroatoms. The van der Waals surface area contributed by atoms with E-state index in [-0.39, 0.29) is 5.92 Å². The summed E-state index contributed by atoms with van der Waals surface area (Å²) in [6.07, 6.45) is 2.50. The number of aryl methyl sites for hydroxylation is 1. The average Bonchev–Trinajstić information content (AvgIpc) is 3.38. The van der Waals surface area contributed by atoms with Crippen molar-refractivity contribution in [1.29, 1.82) is 0 Å². The molecule has 4 heterocycles. The van der Waals surface area contributed by atoms with E-state index in [1.165, 1.54) is 0 Å².